The fourth-order valence-corrected chi connectivity index (χ4v) is 4.28. The maximum absolute atomic E-state index is 14.8. The number of fused-ring (bicyclic) bond motifs is 1. The average molecular weight is 478 g/mol. The van der Waals surface area contributed by atoms with Crippen LogP contribution in [-0.2, 0) is 11.8 Å². The minimum Gasteiger partial charge on any atom is -0.361 e. The van der Waals surface area contributed by atoms with Gasteiger partial charge in [0.2, 0.25) is 17.8 Å². The third kappa shape index (κ3) is 4.87. The summed E-state index contributed by atoms with van der Waals surface area (Å²) in [6, 6.07) is 5.59. The predicted molar refractivity (Wildman–Crippen MR) is 134 cm³/mol. The first-order valence-corrected chi connectivity index (χ1v) is 11.2. The summed E-state index contributed by atoms with van der Waals surface area (Å²) in [5, 5.41) is 15.3. The number of nitrogens with one attached hydrogen (secondary N) is 2. The molecule has 2 aromatic heterocycles. The molecule has 0 unspecified atom stereocenters. The Morgan fingerprint density at radius 2 is 2.11 bits per heavy atom. The third-order valence-corrected chi connectivity index (χ3v) is 5.97. The summed E-state index contributed by atoms with van der Waals surface area (Å²) in [6.07, 6.45) is 1.92. The van der Waals surface area contributed by atoms with E-state index in [2.05, 4.69) is 33.2 Å². The number of alkyl halides is 1. The Morgan fingerprint density at radius 1 is 1.34 bits per heavy atom. The lowest BCUT2D eigenvalue weighted by molar-refractivity contribution is -0.111. The summed E-state index contributed by atoms with van der Waals surface area (Å²) < 4.78 is 16.8. The molecule has 3 heterocycles. The summed E-state index contributed by atoms with van der Waals surface area (Å²) in [4.78, 5) is 28.8. The Hall–Kier alpha value is -4.20. The standard InChI is InChI=1S/C24H28FN9O/c1-6-21(35)29-18-9-19-20(7-14(18)2)33(5)24(30-19)34-12-16(25)8-17(13-34)28-23-27-11-15(10-26)22(31-23)32(3)4/h6-7,9,11,16-17H,1,8,12-13H2,2-5H3,(H,29,35)(H,27,28,31)/t16-,17-/m1/s1. The van der Waals surface area contributed by atoms with Crippen molar-refractivity contribution in [3.63, 3.8) is 0 Å². The quantitative estimate of drug-likeness (QED) is 0.521. The second kappa shape index (κ2) is 9.58. The first-order chi connectivity index (χ1) is 16.7. The Balaban J connectivity index is 1.60. The van der Waals surface area contributed by atoms with Crippen LogP contribution in [0.2, 0.25) is 0 Å². The number of benzene rings is 1. The highest BCUT2D eigenvalue weighted by atomic mass is 19.1. The number of carbonyl (C=O) groups is 1. The molecule has 1 aromatic carbocycles. The predicted octanol–water partition coefficient (Wildman–Crippen LogP) is 2.76. The number of hydrogen-bond acceptors (Lipinski definition) is 8. The fraction of sp³-hybridized carbons (Fsp3) is 0.375. The van der Waals surface area contributed by atoms with E-state index in [0.717, 1.165) is 11.1 Å². The fourth-order valence-electron chi connectivity index (χ4n) is 4.28. The lowest BCUT2D eigenvalue weighted by atomic mass is 10.0. The number of nitrogens with zero attached hydrogens (tertiary/aromatic N) is 7. The highest BCUT2D eigenvalue weighted by Crippen LogP contribution is 2.29. The molecule has 0 spiro atoms. The van der Waals surface area contributed by atoms with Crippen LogP contribution in [0, 0.1) is 18.3 Å². The van der Waals surface area contributed by atoms with Crippen molar-refractivity contribution in [1.82, 2.24) is 19.5 Å². The highest BCUT2D eigenvalue weighted by molar-refractivity contribution is 6.00. The van der Waals surface area contributed by atoms with Crippen molar-refractivity contribution in [2.24, 2.45) is 7.05 Å². The van der Waals surface area contributed by atoms with Gasteiger partial charge >= 0.3 is 0 Å². The van der Waals surface area contributed by atoms with E-state index in [1.807, 2.05) is 35.6 Å². The molecule has 11 heteroatoms. The summed E-state index contributed by atoms with van der Waals surface area (Å²) >= 11 is 0. The minimum absolute atomic E-state index is 0.214. The van der Waals surface area contributed by atoms with Crippen molar-refractivity contribution in [3.05, 3.63) is 42.1 Å². The van der Waals surface area contributed by atoms with Crippen molar-refractivity contribution < 1.29 is 9.18 Å². The molecule has 4 rings (SSSR count). The van der Waals surface area contributed by atoms with E-state index in [1.165, 1.54) is 12.3 Å². The molecule has 1 aliphatic rings. The van der Waals surface area contributed by atoms with Gasteiger partial charge in [0.15, 0.2) is 5.82 Å². The molecule has 10 nitrogen and oxygen atoms in total. The van der Waals surface area contributed by atoms with Gasteiger partial charge in [0.1, 0.15) is 17.8 Å². The second-order valence-corrected chi connectivity index (χ2v) is 8.84. The monoisotopic (exact) mass is 477 g/mol. The molecule has 182 valence electrons. The van der Waals surface area contributed by atoms with Gasteiger partial charge in [-0.1, -0.05) is 6.58 Å². The molecular weight excluding hydrogens is 449 g/mol. The molecule has 1 saturated heterocycles. The average Bonchev–Trinajstić information content (AvgIpc) is 3.14. The van der Waals surface area contributed by atoms with Gasteiger partial charge in [-0.05, 0) is 30.7 Å². The molecule has 0 radical (unpaired) electrons. The van der Waals surface area contributed by atoms with Crippen LogP contribution in [0.1, 0.15) is 17.5 Å². The molecule has 2 N–H and O–H groups in total. The van der Waals surface area contributed by atoms with Gasteiger partial charge in [-0.15, -0.1) is 0 Å². The van der Waals surface area contributed by atoms with Crippen molar-refractivity contribution in [3.8, 4) is 6.07 Å². The van der Waals surface area contributed by atoms with Crippen LogP contribution in [0.4, 0.5) is 27.8 Å². The number of aromatic nitrogens is 4. The molecule has 1 aliphatic heterocycles. The van der Waals surface area contributed by atoms with Crippen LogP contribution < -0.4 is 20.4 Å². The van der Waals surface area contributed by atoms with E-state index in [9.17, 15) is 14.4 Å². The van der Waals surface area contributed by atoms with Crippen LogP contribution in [0.25, 0.3) is 11.0 Å². The van der Waals surface area contributed by atoms with Gasteiger partial charge in [-0.2, -0.15) is 10.2 Å². The summed E-state index contributed by atoms with van der Waals surface area (Å²) in [6.45, 7) is 6.11. The van der Waals surface area contributed by atoms with Gasteiger partial charge in [0.05, 0.1) is 23.8 Å². The van der Waals surface area contributed by atoms with Crippen molar-refractivity contribution in [2.45, 2.75) is 25.6 Å². The lowest BCUT2D eigenvalue weighted by Gasteiger charge is -2.35. The SMILES string of the molecule is C=CC(=O)Nc1cc2nc(N3C[C@H](F)C[C@@H](Nc4ncc(C#N)c(N(C)C)n4)C3)n(C)c2cc1C. The second-order valence-electron chi connectivity index (χ2n) is 8.84. The number of rotatable bonds is 6. The van der Waals surface area contributed by atoms with E-state index in [4.69, 9.17) is 4.98 Å². The van der Waals surface area contributed by atoms with E-state index in [1.54, 1.807) is 19.0 Å². The molecule has 0 bridgehead atoms. The summed E-state index contributed by atoms with van der Waals surface area (Å²) in [5.74, 6) is 1.18. The number of amides is 1. The van der Waals surface area contributed by atoms with Gasteiger partial charge in [-0.25, -0.2) is 14.4 Å². The number of nitriles is 1. The van der Waals surface area contributed by atoms with Crippen molar-refractivity contribution in [2.75, 3.05) is 47.6 Å². The van der Waals surface area contributed by atoms with Crippen LogP contribution >= 0.6 is 0 Å². The Bertz CT molecular complexity index is 1330. The normalized spacial score (nSPS) is 17.7. The van der Waals surface area contributed by atoms with Crippen LogP contribution in [0.15, 0.2) is 31.0 Å². The maximum atomic E-state index is 14.8. The van der Waals surface area contributed by atoms with Crippen LogP contribution in [0.3, 0.4) is 0 Å². The first-order valence-electron chi connectivity index (χ1n) is 11.2. The molecule has 0 aliphatic carbocycles. The summed E-state index contributed by atoms with van der Waals surface area (Å²) in [7, 11) is 5.49. The van der Waals surface area contributed by atoms with Gasteiger partial charge in [-0.3, -0.25) is 4.79 Å². The van der Waals surface area contributed by atoms with E-state index in [0.29, 0.717) is 47.4 Å². The number of halogens is 1. The molecule has 2 atom stereocenters. The zero-order chi connectivity index (χ0) is 25.3. The number of hydrogen-bond donors (Lipinski definition) is 2. The summed E-state index contributed by atoms with van der Waals surface area (Å²) in [5.41, 5.74) is 3.49. The Morgan fingerprint density at radius 3 is 2.80 bits per heavy atom. The maximum Gasteiger partial charge on any atom is 0.247 e. The van der Waals surface area contributed by atoms with Crippen LogP contribution in [-0.4, -0.2) is 64.8 Å². The number of piperidine rings is 1. The third-order valence-electron chi connectivity index (χ3n) is 5.97. The number of imidazole rings is 1. The van der Waals surface area contributed by atoms with E-state index >= 15 is 0 Å². The van der Waals surface area contributed by atoms with E-state index in [-0.39, 0.29) is 18.5 Å². The molecule has 35 heavy (non-hydrogen) atoms. The largest absolute Gasteiger partial charge is 0.361 e. The molecule has 3 aromatic rings. The highest BCUT2D eigenvalue weighted by Gasteiger charge is 2.30. The minimum atomic E-state index is -1.07. The molecule has 1 fully saturated rings. The molecule has 0 saturated carbocycles. The van der Waals surface area contributed by atoms with Crippen molar-refractivity contribution in [1.29, 1.82) is 5.26 Å². The zero-order valence-electron chi connectivity index (χ0n) is 20.2. The molecular formula is C24H28FN9O. The Kier molecular flexibility index (Phi) is 6.55. The topological polar surface area (TPSA) is 115 Å². The number of anilines is 4. The van der Waals surface area contributed by atoms with Gasteiger partial charge < -0.3 is 25.0 Å². The number of carbonyl (C=O) groups excluding carboxylic acids is 1. The zero-order valence-corrected chi connectivity index (χ0v) is 20.2. The van der Waals surface area contributed by atoms with Gasteiger partial charge in [0.25, 0.3) is 0 Å². The smallest absolute Gasteiger partial charge is 0.247 e. The van der Waals surface area contributed by atoms with Crippen molar-refractivity contribution >= 4 is 40.3 Å². The van der Waals surface area contributed by atoms with Crippen LogP contribution in [0.5, 0.6) is 0 Å². The number of aryl methyl sites for hydroxylation is 2. The first kappa shape index (κ1) is 23.9. The van der Waals surface area contributed by atoms with Gasteiger partial charge in [0, 0.05) is 45.8 Å². The van der Waals surface area contributed by atoms with E-state index < -0.39 is 6.17 Å². The Labute approximate surface area is 203 Å². The lowest BCUT2D eigenvalue weighted by Crippen LogP contribution is -2.48. The molecule has 1 amide bonds.